The van der Waals surface area contributed by atoms with E-state index in [0.717, 1.165) is 18.8 Å². The van der Waals surface area contributed by atoms with Crippen LogP contribution < -0.4 is 4.74 Å². The van der Waals surface area contributed by atoms with Gasteiger partial charge in [0, 0.05) is 26.2 Å². The smallest absolute Gasteiger partial charge is 0.132 e. The topological polar surface area (TPSA) is 15.7 Å². The van der Waals surface area contributed by atoms with Crippen molar-refractivity contribution < 1.29 is 4.74 Å². The molecule has 0 amide bonds. The molecule has 1 heterocycles. The molecule has 0 aliphatic carbocycles. The molecule has 0 atom stereocenters. The van der Waals surface area contributed by atoms with Gasteiger partial charge in [-0.1, -0.05) is 13.0 Å². The number of rotatable bonds is 7. The monoisotopic (exact) mass is 402 g/mol. The number of hydrogen-bond acceptors (Lipinski definition) is 3. The highest BCUT2D eigenvalue weighted by atomic mass is 127. The summed E-state index contributed by atoms with van der Waals surface area (Å²) in [7, 11) is 0. The Kier molecular flexibility index (Phi) is 7.26. The van der Waals surface area contributed by atoms with Crippen LogP contribution in [0.25, 0.3) is 0 Å². The SMILES string of the molecule is CCN1CCN(CCCCOc2ccc(C)cc2I)CC1. The molecule has 0 N–H and O–H groups in total. The maximum absolute atomic E-state index is 5.88. The number of unbranched alkanes of at least 4 members (excludes halogenated alkanes) is 1. The summed E-state index contributed by atoms with van der Waals surface area (Å²) in [4.78, 5) is 5.11. The quantitative estimate of drug-likeness (QED) is 0.514. The summed E-state index contributed by atoms with van der Waals surface area (Å²) in [6.45, 7) is 12.5. The largest absolute Gasteiger partial charge is 0.492 e. The molecule has 0 saturated carbocycles. The summed E-state index contributed by atoms with van der Waals surface area (Å²) in [5.41, 5.74) is 1.29. The number of nitrogens with zero attached hydrogens (tertiary/aromatic N) is 2. The molecule has 21 heavy (non-hydrogen) atoms. The highest BCUT2D eigenvalue weighted by Crippen LogP contribution is 2.21. The van der Waals surface area contributed by atoms with Gasteiger partial charge >= 0.3 is 0 Å². The van der Waals surface area contributed by atoms with Crippen LogP contribution >= 0.6 is 22.6 Å². The molecule has 1 aliphatic rings. The van der Waals surface area contributed by atoms with E-state index in [1.54, 1.807) is 0 Å². The minimum atomic E-state index is 0.827. The molecular formula is C17H27IN2O. The zero-order chi connectivity index (χ0) is 15.1. The standard InChI is InChI=1S/C17H27IN2O/c1-3-19-9-11-20(12-10-19)8-4-5-13-21-17-7-6-15(2)14-16(17)18/h6-7,14H,3-5,8-13H2,1-2H3. The lowest BCUT2D eigenvalue weighted by Crippen LogP contribution is -2.46. The molecule has 1 aromatic rings. The fourth-order valence-electron chi connectivity index (χ4n) is 2.67. The highest BCUT2D eigenvalue weighted by Gasteiger charge is 2.14. The molecule has 118 valence electrons. The second kappa shape index (κ2) is 8.96. The van der Waals surface area contributed by atoms with Gasteiger partial charge < -0.3 is 14.5 Å². The van der Waals surface area contributed by atoms with Crippen LogP contribution in [0.3, 0.4) is 0 Å². The van der Waals surface area contributed by atoms with Gasteiger partial charge in [0.25, 0.3) is 0 Å². The second-order valence-corrected chi connectivity index (χ2v) is 6.93. The molecule has 0 aromatic heterocycles. The van der Waals surface area contributed by atoms with Crippen LogP contribution in [0.1, 0.15) is 25.3 Å². The number of ether oxygens (including phenoxy) is 1. The number of piperazine rings is 1. The molecule has 1 saturated heterocycles. The number of aryl methyl sites for hydroxylation is 1. The Morgan fingerprint density at radius 1 is 1.10 bits per heavy atom. The molecule has 3 nitrogen and oxygen atoms in total. The van der Waals surface area contributed by atoms with Crippen molar-refractivity contribution in [2.75, 3.05) is 45.9 Å². The molecule has 1 aromatic carbocycles. The van der Waals surface area contributed by atoms with Crippen LogP contribution in [0.2, 0.25) is 0 Å². The van der Waals surface area contributed by atoms with Crippen molar-refractivity contribution in [3.63, 3.8) is 0 Å². The van der Waals surface area contributed by atoms with Crippen molar-refractivity contribution in [2.45, 2.75) is 26.7 Å². The Hall–Kier alpha value is -0.330. The van der Waals surface area contributed by atoms with E-state index in [4.69, 9.17) is 4.74 Å². The van der Waals surface area contributed by atoms with Crippen molar-refractivity contribution in [1.82, 2.24) is 9.80 Å². The Morgan fingerprint density at radius 3 is 2.48 bits per heavy atom. The summed E-state index contributed by atoms with van der Waals surface area (Å²) in [5.74, 6) is 1.03. The van der Waals surface area contributed by atoms with Gasteiger partial charge in [0.1, 0.15) is 5.75 Å². The Balaban J connectivity index is 1.58. The minimum absolute atomic E-state index is 0.827. The van der Waals surface area contributed by atoms with Crippen LogP contribution in [0.15, 0.2) is 18.2 Å². The van der Waals surface area contributed by atoms with Gasteiger partial charge in [-0.05, 0) is 73.1 Å². The van der Waals surface area contributed by atoms with Crippen LogP contribution in [0, 0.1) is 10.5 Å². The predicted molar refractivity (Wildman–Crippen MR) is 97.2 cm³/mol. The van der Waals surface area contributed by atoms with Crippen LogP contribution in [-0.4, -0.2) is 55.7 Å². The predicted octanol–water partition coefficient (Wildman–Crippen LogP) is 3.40. The van der Waals surface area contributed by atoms with Gasteiger partial charge in [0.2, 0.25) is 0 Å². The second-order valence-electron chi connectivity index (χ2n) is 5.77. The van der Waals surface area contributed by atoms with Crippen molar-refractivity contribution in [3.05, 3.63) is 27.3 Å². The molecular weight excluding hydrogens is 375 g/mol. The van der Waals surface area contributed by atoms with E-state index >= 15 is 0 Å². The molecule has 1 aliphatic heterocycles. The molecule has 0 unspecified atom stereocenters. The first-order valence-electron chi connectivity index (χ1n) is 8.02. The Morgan fingerprint density at radius 2 is 1.81 bits per heavy atom. The number of halogens is 1. The van der Waals surface area contributed by atoms with Gasteiger partial charge in [-0.25, -0.2) is 0 Å². The van der Waals surface area contributed by atoms with Crippen LogP contribution in [-0.2, 0) is 0 Å². The number of hydrogen-bond donors (Lipinski definition) is 0. The lowest BCUT2D eigenvalue weighted by Gasteiger charge is -2.33. The fraction of sp³-hybridized carbons (Fsp3) is 0.647. The Labute approximate surface area is 142 Å². The first kappa shape index (κ1) is 17.0. The average Bonchev–Trinajstić information content (AvgIpc) is 2.49. The van der Waals surface area contributed by atoms with E-state index in [-0.39, 0.29) is 0 Å². The van der Waals surface area contributed by atoms with Crippen molar-refractivity contribution in [2.24, 2.45) is 0 Å². The zero-order valence-corrected chi connectivity index (χ0v) is 15.4. The summed E-state index contributed by atoms with van der Waals surface area (Å²) in [6, 6.07) is 6.37. The van der Waals surface area contributed by atoms with Crippen molar-refractivity contribution >= 4 is 22.6 Å². The summed E-state index contributed by atoms with van der Waals surface area (Å²) in [6.07, 6.45) is 2.37. The van der Waals surface area contributed by atoms with Crippen LogP contribution in [0.4, 0.5) is 0 Å². The van der Waals surface area contributed by atoms with Crippen molar-refractivity contribution in [3.8, 4) is 5.75 Å². The molecule has 0 bridgehead atoms. The molecule has 4 heteroatoms. The number of likely N-dealkylation sites (N-methyl/N-ethyl adjacent to an activating group) is 1. The van der Waals surface area contributed by atoms with E-state index in [1.807, 2.05) is 0 Å². The van der Waals surface area contributed by atoms with Gasteiger partial charge in [-0.3, -0.25) is 0 Å². The molecule has 1 fully saturated rings. The van der Waals surface area contributed by atoms with E-state index in [0.29, 0.717) is 0 Å². The van der Waals surface area contributed by atoms with E-state index in [1.165, 1.54) is 54.8 Å². The summed E-state index contributed by atoms with van der Waals surface area (Å²) in [5, 5.41) is 0. The van der Waals surface area contributed by atoms with Gasteiger partial charge in [-0.15, -0.1) is 0 Å². The lowest BCUT2D eigenvalue weighted by atomic mass is 10.2. The lowest BCUT2D eigenvalue weighted by molar-refractivity contribution is 0.134. The first-order chi connectivity index (χ1) is 10.2. The zero-order valence-electron chi connectivity index (χ0n) is 13.3. The van der Waals surface area contributed by atoms with E-state index < -0.39 is 0 Å². The van der Waals surface area contributed by atoms with E-state index in [2.05, 4.69) is 64.4 Å². The van der Waals surface area contributed by atoms with Gasteiger partial charge in [0.15, 0.2) is 0 Å². The molecule has 2 rings (SSSR count). The average molecular weight is 402 g/mol. The highest BCUT2D eigenvalue weighted by molar-refractivity contribution is 14.1. The van der Waals surface area contributed by atoms with Gasteiger partial charge in [-0.2, -0.15) is 0 Å². The normalized spacial score (nSPS) is 17.1. The Bertz CT molecular complexity index is 431. The summed E-state index contributed by atoms with van der Waals surface area (Å²) < 4.78 is 7.09. The third kappa shape index (κ3) is 5.75. The third-order valence-corrected chi connectivity index (χ3v) is 4.97. The molecule has 0 spiro atoms. The number of benzene rings is 1. The third-order valence-electron chi connectivity index (χ3n) is 4.13. The first-order valence-corrected chi connectivity index (χ1v) is 9.10. The van der Waals surface area contributed by atoms with E-state index in [9.17, 15) is 0 Å². The minimum Gasteiger partial charge on any atom is -0.492 e. The van der Waals surface area contributed by atoms with Gasteiger partial charge in [0.05, 0.1) is 10.2 Å². The maximum atomic E-state index is 5.88. The fourth-order valence-corrected chi connectivity index (χ4v) is 3.50. The molecule has 0 radical (unpaired) electrons. The summed E-state index contributed by atoms with van der Waals surface area (Å²) >= 11 is 2.35. The maximum Gasteiger partial charge on any atom is 0.132 e. The van der Waals surface area contributed by atoms with Crippen molar-refractivity contribution in [1.29, 1.82) is 0 Å². The van der Waals surface area contributed by atoms with Crippen LogP contribution in [0.5, 0.6) is 5.75 Å².